The van der Waals surface area contributed by atoms with Crippen LogP contribution in [0.1, 0.15) is 55.4 Å². The summed E-state index contributed by atoms with van der Waals surface area (Å²) in [6, 6.07) is 7.41. The van der Waals surface area contributed by atoms with Crippen molar-refractivity contribution in [3.05, 3.63) is 47.7 Å². The number of aliphatic hydroxyl groups excluding tert-OH is 1. The van der Waals surface area contributed by atoms with Crippen molar-refractivity contribution in [2.45, 2.75) is 57.7 Å². The molecule has 1 aliphatic heterocycles. The molecule has 2 N–H and O–H groups in total. The molecular weight excluding hydrogens is 304 g/mol. The number of nitrogens with zero attached hydrogens (tertiary/aromatic N) is 2. The monoisotopic (exact) mass is 330 g/mol. The molecule has 130 valence electrons. The van der Waals surface area contributed by atoms with Gasteiger partial charge in [0.25, 0.3) is 0 Å². The van der Waals surface area contributed by atoms with Gasteiger partial charge in [-0.15, -0.1) is 0 Å². The van der Waals surface area contributed by atoms with Crippen molar-refractivity contribution in [3.63, 3.8) is 0 Å². The van der Waals surface area contributed by atoms with Gasteiger partial charge in [0.2, 0.25) is 0 Å². The number of furan rings is 1. The summed E-state index contributed by atoms with van der Waals surface area (Å²) in [4.78, 5) is 6.84. The van der Waals surface area contributed by atoms with Crippen LogP contribution in [0.15, 0.2) is 34.9 Å². The molecule has 0 saturated carbocycles. The molecule has 0 aliphatic carbocycles. The molecule has 1 saturated heterocycles. The number of likely N-dealkylation sites (tertiary alicyclic amines) is 1. The predicted octanol–water partition coefficient (Wildman–Crippen LogP) is 3.56. The Bertz CT molecular complexity index is 642. The third-order valence-corrected chi connectivity index (χ3v) is 4.81. The maximum Gasteiger partial charge on any atom is 0.138 e. The smallest absolute Gasteiger partial charge is 0.138 e. The second-order valence-corrected chi connectivity index (χ2v) is 6.66. The number of rotatable bonds is 5. The second kappa shape index (κ2) is 7.81. The van der Waals surface area contributed by atoms with E-state index < -0.39 is 6.10 Å². The minimum Gasteiger partial charge on any atom is -0.506 e. The van der Waals surface area contributed by atoms with Gasteiger partial charge in [-0.2, -0.15) is 0 Å². The molecule has 1 aliphatic rings. The van der Waals surface area contributed by atoms with Gasteiger partial charge in [0, 0.05) is 18.3 Å². The van der Waals surface area contributed by atoms with E-state index in [4.69, 9.17) is 4.42 Å². The zero-order chi connectivity index (χ0) is 16.9. The number of aryl methyl sites for hydroxylation is 1. The van der Waals surface area contributed by atoms with E-state index in [2.05, 4.69) is 9.88 Å². The lowest BCUT2D eigenvalue weighted by atomic mass is 10.0. The summed E-state index contributed by atoms with van der Waals surface area (Å²) in [5.74, 6) is 0.867. The highest BCUT2D eigenvalue weighted by molar-refractivity contribution is 5.27. The van der Waals surface area contributed by atoms with Crippen molar-refractivity contribution in [1.29, 1.82) is 0 Å². The highest BCUT2D eigenvalue weighted by Gasteiger charge is 2.26. The Morgan fingerprint density at radius 2 is 2.17 bits per heavy atom. The Labute approximate surface area is 142 Å². The highest BCUT2D eigenvalue weighted by Crippen LogP contribution is 2.28. The number of hydrogen-bond donors (Lipinski definition) is 2. The molecular formula is C19H26N2O3. The average molecular weight is 330 g/mol. The molecule has 2 unspecified atom stereocenters. The predicted molar refractivity (Wildman–Crippen MR) is 91.6 cm³/mol. The van der Waals surface area contributed by atoms with E-state index in [1.807, 2.05) is 19.1 Å². The standard InChI is InChI=1S/C19H26N2O3/c1-14-8-9-17(22)16(20-14)13-21-10-4-2-3-6-15(21)12-18(23)19-7-5-11-24-19/h5,7-9,11,15,18,22-23H,2-4,6,10,12-13H2,1H3. The molecule has 3 rings (SSSR count). The molecule has 2 aromatic rings. The Balaban J connectivity index is 1.73. The largest absolute Gasteiger partial charge is 0.506 e. The van der Waals surface area contributed by atoms with Crippen molar-refractivity contribution in [1.82, 2.24) is 9.88 Å². The minimum atomic E-state index is -0.593. The lowest BCUT2D eigenvalue weighted by Crippen LogP contribution is -2.35. The quantitative estimate of drug-likeness (QED) is 0.877. The van der Waals surface area contributed by atoms with Crippen LogP contribution in [-0.4, -0.2) is 32.7 Å². The lowest BCUT2D eigenvalue weighted by molar-refractivity contribution is 0.0821. The SMILES string of the molecule is Cc1ccc(O)c(CN2CCCCCC2CC(O)c2ccco2)n1. The van der Waals surface area contributed by atoms with Gasteiger partial charge < -0.3 is 14.6 Å². The van der Waals surface area contributed by atoms with Crippen LogP contribution in [0, 0.1) is 6.92 Å². The third kappa shape index (κ3) is 4.16. The van der Waals surface area contributed by atoms with E-state index >= 15 is 0 Å². The van der Waals surface area contributed by atoms with E-state index in [-0.39, 0.29) is 11.8 Å². The van der Waals surface area contributed by atoms with Gasteiger partial charge in [0.15, 0.2) is 0 Å². The molecule has 0 radical (unpaired) electrons. The van der Waals surface area contributed by atoms with Gasteiger partial charge in [0.05, 0.1) is 12.0 Å². The zero-order valence-corrected chi connectivity index (χ0v) is 14.2. The first kappa shape index (κ1) is 17.0. The molecule has 2 aromatic heterocycles. The summed E-state index contributed by atoms with van der Waals surface area (Å²) in [5.41, 5.74) is 1.62. The summed E-state index contributed by atoms with van der Waals surface area (Å²) in [6.45, 7) is 3.51. The Morgan fingerprint density at radius 3 is 2.96 bits per heavy atom. The number of aromatic hydroxyl groups is 1. The van der Waals surface area contributed by atoms with Gasteiger partial charge in [-0.3, -0.25) is 9.88 Å². The lowest BCUT2D eigenvalue weighted by Gasteiger charge is -2.31. The normalized spacial score (nSPS) is 20.7. The molecule has 0 amide bonds. The van der Waals surface area contributed by atoms with Crippen molar-refractivity contribution < 1.29 is 14.6 Å². The summed E-state index contributed by atoms with van der Waals surface area (Å²) in [7, 11) is 0. The van der Waals surface area contributed by atoms with E-state index in [1.54, 1.807) is 18.4 Å². The molecule has 2 atom stereocenters. The average Bonchev–Trinajstić information content (AvgIpc) is 3.02. The van der Waals surface area contributed by atoms with Gasteiger partial charge in [-0.05, 0) is 57.0 Å². The minimum absolute atomic E-state index is 0.246. The van der Waals surface area contributed by atoms with Crippen LogP contribution in [0.4, 0.5) is 0 Å². The van der Waals surface area contributed by atoms with E-state index in [0.29, 0.717) is 18.7 Å². The summed E-state index contributed by atoms with van der Waals surface area (Å²) in [5, 5.41) is 20.6. The molecule has 5 nitrogen and oxygen atoms in total. The molecule has 1 fully saturated rings. The van der Waals surface area contributed by atoms with Crippen LogP contribution < -0.4 is 0 Å². The molecule has 24 heavy (non-hydrogen) atoms. The van der Waals surface area contributed by atoms with Gasteiger partial charge >= 0.3 is 0 Å². The molecule has 0 aromatic carbocycles. The van der Waals surface area contributed by atoms with Crippen LogP contribution >= 0.6 is 0 Å². The summed E-state index contributed by atoms with van der Waals surface area (Å²) in [6.07, 6.45) is 6.20. The first-order chi connectivity index (χ1) is 11.6. The fraction of sp³-hybridized carbons (Fsp3) is 0.526. The molecule has 5 heteroatoms. The van der Waals surface area contributed by atoms with Crippen molar-refractivity contribution in [2.75, 3.05) is 6.54 Å². The number of aromatic nitrogens is 1. The molecule has 0 bridgehead atoms. The first-order valence-electron chi connectivity index (χ1n) is 8.74. The van der Waals surface area contributed by atoms with Crippen LogP contribution in [0.3, 0.4) is 0 Å². The van der Waals surface area contributed by atoms with Crippen LogP contribution in [-0.2, 0) is 6.54 Å². The zero-order valence-electron chi connectivity index (χ0n) is 14.2. The fourth-order valence-corrected chi connectivity index (χ4v) is 3.48. The summed E-state index contributed by atoms with van der Waals surface area (Å²) < 4.78 is 5.34. The maximum atomic E-state index is 10.5. The fourth-order valence-electron chi connectivity index (χ4n) is 3.48. The van der Waals surface area contributed by atoms with E-state index in [1.165, 1.54) is 12.8 Å². The summed E-state index contributed by atoms with van der Waals surface area (Å²) >= 11 is 0. The van der Waals surface area contributed by atoms with Crippen LogP contribution in [0.5, 0.6) is 5.75 Å². The van der Waals surface area contributed by atoms with Gasteiger partial charge in [-0.25, -0.2) is 0 Å². The Kier molecular flexibility index (Phi) is 5.53. The first-order valence-corrected chi connectivity index (χ1v) is 8.74. The van der Waals surface area contributed by atoms with Crippen LogP contribution in [0.25, 0.3) is 0 Å². The van der Waals surface area contributed by atoms with Crippen molar-refractivity contribution >= 4 is 0 Å². The highest BCUT2D eigenvalue weighted by atomic mass is 16.4. The Hall–Kier alpha value is -1.85. The van der Waals surface area contributed by atoms with Crippen molar-refractivity contribution in [3.8, 4) is 5.75 Å². The van der Waals surface area contributed by atoms with E-state index in [0.717, 1.165) is 30.8 Å². The van der Waals surface area contributed by atoms with Gasteiger partial charge in [0.1, 0.15) is 17.6 Å². The topological polar surface area (TPSA) is 69.7 Å². The number of aliphatic hydroxyl groups is 1. The van der Waals surface area contributed by atoms with Crippen LogP contribution in [0.2, 0.25) is 0 Å². The Morgan fingerprint density at radius 1 is 1.29 bits per heavy atom. The number of hydrogen-bond acceptors (Lipinski definition) is 5. The van der Waals surface area contributed by atoms with Gasteiger partial charge in [-0.1, -0.05) is 12.8 Å². The molecule has 0 spiro atoms. The number of pyridine rings is 1. The van der Waals surface area contributed by atoms with E-state index in [9.17, 15) is 10.2 Å². The third-order valence-electron chi connectivity index (χ3n) is 4.81. The second-order valence-electron chi connectivity index (χ2n) is 6.66. The maximum absolute atomic E-state index is 10.5. The molecule has 3 heterocycles. The van der Waals surface area contributed by atoms with Crippen molar-refractivity contribution in [2.24, 2.45) is 0 Å².